The van der Waals surface area contributed by atoms with Crippen molar-refractivity contribution in [1.82, 2.24) is 24.5 Å². The molecule has 0 radical (unpaired) electrons. The fourth-order valence-electron chi connectivity index (χ4n) is 4.78. The Bertz CT molecular complexity index is 1390. The van der Waals surface area contributed by atoms with Crippen molar-refractivity contribution in [3.8, 4) is 28.3 Å². The molecule has 2 aliphatic rings. The van der Waals surface area contributed by atoms with Crippen LogP contribution in [0.25, 0.3) is 22.5 Å². The molecular formula is C26H27FN6O. The third-order valence-electron chi connectivity index (χ3n) is 6.75. The van der Waals surface area contributed by atoms with Crippen LogP contribution < -0.4 is 10.5 Å². The van der Waals surface area contributed by atoms with Crippen LogP contribution in [0.1, 0.15) is 49.5 Å². The molecule has 1 fully saturated rings. The molecule has 0 spiro atoms. The molecule has 2 bridgehead atoms. The predicted molar refractivity (Wildman–Crippen MR) is 128 cm³/mol. The molecule has 174 valence electrons. The predicted octanol–water partition coefficient (Wildman–Crippen LogP) is 5.00. The Morgan fingerprint density at radius 1 is 1.18 bits per heavy atom. The third kappa shape index (κ3) is 3.63. The van der Waals surface area contributed by atoms with Crippen molar-refractivity contribution >= 4 is 5.82 Å². The molecule has 1 aromatic carbocycles. The first-order valence-corrected chi connectivity index (χ1v) is 11.8. The maximum absolute atomic E-state index is 14.4. The topological polar surface area (TPSA) is 83.8 Å². The van der Waals surface area contributed by atoms with Crippen molar-refractivity contribution in [2.24, 2.45) is 5.92 Å². The van der Waals surface area contributed by atoms with Gasteiger partial charge in [0.25, 0.3) is 0 Å². The number of ether oxygens (including phenoxy) is 1. The van der Waals surface area contributed by atoms with Crippen LogP contribution in [0.4, 0.5) is 10.2 Å². The maximum Gasteiger partial charge on any atom is 0.166 e. The maximum atomic E-state index is 14.4. The highest BCUT2D eigenvalue weighted by atomic mass is 19.1. The van der Waals surface area contributed by atoms with Gasteiger partial charge in [0.05, 0.1) is 17.6 Å². The molecular weight excluding hydrogens is 431 g/mol. The molecule has 3 aromatic heterocycles. The Balaban J connectivity index is 1.60. The highest BCUT2D eigenvalue weighted by Crippen LogP contribution is 2.39. The Morgan fingerprint density at radius 3 is 2.82 bits per heavy atom. The zero-order chi connectivity index (χ0) is 23.4. The molecule has 1 aliphatic carbocycles. The van der Waals surface area contributed by atoms with Crippen LogP contribution in [0.5, 0.6) is 5.75 Å². The van der Waals surface area contributed by atoms with E-state index in [0.717, 1.165) is 52.3 Å². The largest absolute Gasteiger partial charge is 0.482 e. The smallest absolute Gasteiger partial charge is 0.166 e. The number of nitrogen functional groups attached to an aromatic ring is 1. The summed E-state index contributed by atoms with van der Waals surface area (Å²) in [6, 6.07) is 6.71. The quantitative estimate of drug-likeness (QED) is 0.467. The number of halogens is 1. The van der Waals surface area contributed by atoms with Crippen molar-refractivity contribution in [1.29, 1.82) is 0 Å². The fraction of sp³-hybridized carbons (Fsp3) is 0.346. The SMILES string of the molecule is CCn1cc2c(n1)-c1ccc(F)cc1C(C)Oc1cc(cnc1N)-c1c(cnn1CC1CC1)C2. The van der Waals surface area contributed by atoms with E-state index in [1.54, 1.807) is 12.3 Å². The lowest BCUT2D eigenvalue weighted by molar-refractivity contribution is 0.227. The summed E-state index contributed by atoms with van der Waals surface area (Å²) in [6.07, 6.45) is 8.48. The average Bonchev–Trinajstić information content (AvgIpc) is 3.42. The number of fused-ring (bicyclic) bond motifs is 7. The van der Waals surface area contributed by atoms with Crippen LogP contribution in [0.2, 0.25) is 0 Å². The first kappa shape index (κ1) is 20.9. The highest BCUT2D eigenvalue weighted by Gasteiger charge is 2.27. The summed E-state index contributed by atoms with van der Waals surface area (Å²) < 4.78 is 24.7. The Morgan fingerprint density at radius 2 is 2.03 bits per heavy atom. The molecule has 4 heterocycles. The monoisotopic (exact) mass is 458 g/mol. The lowest BCUT2D eigenvalue weighted by Crippen LogP contribution is -2.10. The Hall–Kier alpha value is -3.68. The molecule has 8 heteroatoms. The summed E-state index contributed by atoms with van der Waals surface area (Å²) in [5.41, 5.74) is 12.7. The lowest BCUT2D eigenvalue weighted by atomic mass is 9.94. The van der Waals surface area contributed by atoms with Gasteiger partial charge in [-0.25, -0.2) is 9.37 Å². The highest BCUT2D eigenvalue weighted by molar-refractivity contribution is 5.71. The Kier molecular flexibility index (Phi) is 4.90. The first-order valence-electron chi connectivity index (χ1n) is 11.8. The second kappa shape index (κ2) is 7.97. The summed E-state index contributed by atoms with van der Waals surface area (Å²) in [5, 5.41) is 9.62. The summed E-state index contributed by atoms with van der Waals surface area (Å²) in [4.78, 5) is 4.43. The van der Waals surface area contributed by atoms with Gasteiger partial charge in [-0.3, -0.25) is 9.36 Å². The standard InChI is InChI=1S/C26H27FN6O/c1-3-32-14-19-8-17-12-30-33(13-16-4-5-16)25(17)18-9-23(26(28)29-11-18)34-15(2)22-10-20(27)6-7-21(22)24(19)31-32/h6-7,9-12,14-16H,3-5,8,13H2,1-2H3,(H2,28,29). The second-order valence-corrected chi connectivity index (χ2v) is 9.28. The van der Waals surface area contributed by atoms with Crippen LogP contribution in [0.15, 0.2) is 42.9 Å². The van der Waals surface area contributed by atoms with E-state index < -0.39 is 6.10 Å². The van der Waals surface area contributed by atoms with Gasteiger partial charge in [-0.1, -0.05) is 0 Å². The van der Waals surface area contributed by atoms with E-state index in [2.05, 4.69) is 22.8 Å². The van der Waals surface area contributed by atoms with Crippen LogP contribution in [0.3, 0.4) is 0 Å². The van der Waals surface area contributed by atoms with Crippen molar-refractivity contribution in [2.45, 2.75) is 52.3 Å². The van der Waals surface area contributed by atoms with Crippen molar-refractivity contribution < 1.29 is 9.13 Å². The Labute approximate surface area is 197 Å². The molecule has 2 N–H and O–H groups in total. The van der Waals surface area contributed by atoms with Gasteiger partial charge in [0.15, 0.2) is 11.6 Å². The van der Waals surface area contributed by atoms with E-state index in [1.165, 1.54) is 25.0 Å². The fourth-order valence-corrected chi connectivity index (χ4v) is 4.78. The number of benzene rings is 1. The van der Waals surface area contributed by atoms with Crippen LogP contribution in [-0.4, -0.2) is 24.5 Å². The van der Waals surface area contributed by atoms with E-state index >= 15 is 0 Å². The summed E-state index contributed by atoms with van der Waals surface area (Å²) in [6.45, 7) is 5.58. The first-order chi connectivity index (χ1) is 16.5. The minimum atomic E-state index is -0.458. The van der Waals surface area contributed by atoms with Gasteiger partial charge in [0, 0.05) is 59.7 Å². The molecule has 6 rings (SSSR count). The normalized spacial score (nSPS) is 17.1. The van der Waals surface area contributed by atoms with Crippen LogP contribution in [-0.2, 0) is 19.5 Å². The number of anilines is 1. The molecule has 34 heavy (non-hydrogen) atoms. The van der Waals surface area contributed by atoms with Gasteiger partial charge in [-0.05, 0) is 56.9 Å². The minimum absolute atomic E-state index is 0.302. The molecule has 1 saturated carbocycles. The van der Waals surface area contributed by atoms with E-state index in [-0.39, 0.29) is 5.82 Å². The minimum Gasteiger partial charge on any atom is -0.482 e. The number of aromatic nitrogens is 5. The molecule has 0 amide bonds. The van der Waals surface area contributed by atoms with E-state index in [4.69, 9.17) is 20.7 Å². The van der Waals surface area contributed by atoms with Crippen molar-refractivity contribution in [3.05, 3.63) is 65.4 Å². The zero-order valence-corrected chi connectivity index (χ0v) is 19.3. The average molecular weight is 459 g/mol. The van der Waals surface area contributed by atoms with Crippen LogP contribution in [0, 0.1) is 11.7 Å². The van der Waals surface area contributed by atoms with Gasteiger partial charge in [0.2, 0.25) is 0 Å². The molecule has 0 saturated heterocycles. The van der Waals surface area contributed by atoms with Gasteiger partial charge in [-0.15, -0.1) is 0 Å². The van der Waals surface area contributed by atoms with E-state index in [0.29, 0.717) is 23.9 Å². The number of pyridine rings is 1. The number of nitrogens with two attached hydrogens (primary N) is 1. The summed E-state index contributed by atoms with van der Waals surface area (Å²) >= 11 is 0. The number of rotatable bonds is 3. The second-order valence-electron chi connectivity index (χ2n) is 9.28. The van der Waals surface area contributed by atoms with Gasteiger partial charge in [0.1, 0.15) is 11.9 Å². The summed E-state index contributed by atoms with van der Waals surface area (Å²) in [7, 11) is 0. The number of hydrogen-bond donors (Lipinski definition) is 1. The zero-order valence-electron chi connectivity index (χ0n) is 19.3. The van der Waals surface area contributed by atoms with Crippen molar-refractivity contribution in [2.75, 3.05) is 5.73 Å². The molecule has 1 atom stereocenters. The third-order valence-corrected chi connectivity index (χ3v) is 6.75. The molecule has 1 unspecified atom stereocenters. The van der Waals surface area contributed by atoms with E-state index in [9.17, 15) is 4.39 Å². The van der Waals surface area contributed by atoms with Crippen molar-refractivity contribution in [3.63, 3.8) is 0 Å². The number of nitrogens with zero attached hydrogens (tertiary/aromatic N) is 5. The lowest BCUT2D eigenvalue weighted by Gasteiger charge is -2.21. The molecule has 7 nitrogen and oxygen atoms in total. The van der Waals surface area contributed by atoms with Gasteiger partial charge >= 0.3 is 0 Å². The van der Waals surface area contributed by atoms with E-state index in [1.807, 2.05) is 23.9 Å². The molecule has 4 aromatic rings. The van der Waals surface area contributed by atoms with Gasteiger partial charge in [-0.2, -0.15) is 10.2 Å². The van der Waals surface area contributed by atoms with Crippen LogP contribution >= 0.6 is 0 Å². The van der Waals surface area contributed by atoms with Gasteiger partial charge < -0.3 is 10.5 Å². The number of hydrogen-bond acceptors (Lipinski definition) is 5. The molecule has 1 aliphatic heterocycles. The number of aryl methyl sites for hydroxylation is 1. The summed E-state index contributed by atoms with van der Waals surface area (Å²) in [5.74, 6) is 1.13.